The minimum atomic E-state index is -0.393. The van der Waals surface area contributed by atoms with Gasteiger partial charge in [0, 0.05) is 11.6 Å². The van der Waals surface area contributed by atoms with E-state index < -0.39 is 5.75 Å². The molecule has 0 amide bonds. The van der Waals surface area contributed by atoms with Gasteiger partial charge in [-0.2, -0.15) is 0 Å². The number of aromatic hydroxyl groups is 2. The number of phenols is 2. The van der Waals surface area contributed by atoms with Crippen LogP contribution < -0.4 is 5.73 Å². The fraction of sp³-hybridized carbons (Fsp3) is 0. The average Bonchev–Trinajstić information content (AvgIpc) is 2.61. The minimum Gasteiger partial charge on any atom is -0.504 e. The first-order valence-corrected chi connectivity index (χ1v) is 4.40. The summed E-state index contributed by atoms with van der Waals surface area (Å²) < 4.78 is 4.65. The number of rotatable bonds is 1. The van der Waals surface area contributed by atoms with E-state index in [1.165, 1.54) is 18.2 Å². The molecule has 0 aliphatic carbocycles. The zero-order valence-corrected chi connectivity index (χ0v) is 8.19. The smallest absolute Gasteiger partial charge is 0.222 e. The van der Waals surface area contributed by atoms with Gasteiger partial charge in [-0.15, -0.1) is 0 Å². The SMILES string of the molecule is Nc1cc(-c2ccc(Cl)c(O)c2O)no1. The third kappa shape index (κ3) is 1.57. The molecule has 78 valence electrons. The fourth-order valence-electron chi connectivity index (χ4n) is 1.18. The van der Waals surface area contributed by atoms with E-state index in [4.69, 9.17) is 17.3 Å². The summed E-state index contributed by atoms with van der Waals surface area (Å²) in [5, 5.41) is 22.6. The number of phenolic OH excluding ortho intramolecular Hbond substituents is 2. The molecule has 2 aromatic rings. The summed E-state index contributed by atoms with van der Waals surface area (Å²) in [5.41, 5.74) is 5.97. The summed E-state index contributed by atoms with van der Waals surface area (Å²) in [6.07, 6.45) is 0. The van der Waals surface area contributed by atoms with Crippen molar-refractivity contribution in [2.24, 2.45) is 0 Å². The zero-order chi connectivity index (χ0) is 11.0. The Balaban J connectivity index is 2.59. The van der Waals surface area contributed by atoms with E-state index in [2.05, 4.69) is 9.68 Å². The molecule has 4 N–H and O–H groups in total. The maximum atomic E-state index is 9.58. The second-order valence-corrected chi connectivity index (χ2v) is 3.31. The summed E-state index contributed by atoms with van der Waals surface area (Å²) in [5.74, 6) is -0.620. The van der Waals surface area contributed by atoms with Crippen LogP contribution in [0.2, 0.25) is 5.02 Å². The minimum absolute atomic E-state index is 0.0627. The molecule has 0 aliphatic heterocycles. The van der Waals surface area contributed by atoms with E-state index in [1.807, 2.05) is 0 Å². The molecule has 1 aromatic heterocycles. The van der Waals surface area contributed by atoms with Crippen molar-refractivity contribution in [1.29, 1.82) is 0 Å². The number of nitrogens with two attached hydrogens (primary N) is 1. The van der Waals surface area contributed by atoms with Crippen molar-refractivity contribution in [1.82, 2.24) is 5.16 Å². The number of hydrogen-bond acceptors (Lipinski definition) is 5. The van der Waals surface area contributed by atoms with Gasteiger partial charge in [-0.1, -0.05) is 16.8 Å². The van der Waals surface area contributed by atoms with E-state index in [-0.39, 0.29) is 16.7 Å². The van der Waals surface area contributed by atoms with Crippen LogP contribution >= 0.6 is 11.6 Å². The number of benzene rings is 1. The Morgan fingerprint density at radius 3 is 2.60 bits per heavy atom. The summed E-state index contributed by atoms with van der Waals surface area (Å²) >= 11 is 5.60. The molecule has 6 heteroatoms. The molecule has 1 heterocycles. The quantitative estimate of drug-likeness (QED) is 0.647. The maximum absolute atomic E-state index is 9.58. The predicted octanol–water partition coefficient (Wildman–Crippen LogP) is 1.99. The molecular weight excluding hydrogens is 220 g/mol. The lowest BCUT2D eigenvalue weighted by atomic mass is 10.1. The van der Waals surface area contributed by atoms with E-state index in [0.29, 0.717) is 11.3 Å². The molecule has 15 heavy (non-hydrogen) atoms. The Kier molecular flexibility index (Phi) is 2.17. The molecule has 2 rings (SSSR count). The number of aromatic nitrogens is 1. The molecule has 1 aromatic carbocycles. The van der Waals surface area contributed by atoms with E-state index in [1.54, 1.807) is 0 Å². The van der Waals surface area contributed by atoms with Gasteiger partial charge in [0.25, 0.3) is 0 Å². The number of nitrogens with zero attached hydrogens (tertiary/aromatic N) is 1. The molecule has 0 saturated heterocycles. The van der Waals surface area contributed by atoms with Crippen LogP contribution in [0.15, 0.2) is 22.7 Å². The van der Waals surface area contributed by atoms with E-state index in [0.717, 1.165) is 0 Å². The molecule has 5 nitrogen and oxygen atoms in total. The summed E-state index contributed by atoms with van der Waals surface area (Å²) in [6, 6.07) is 4.38. The molecule has 0 bridgehead atoms. The topological polar surface area (TPSA) is 92.5 Å². The highest BCUT2D eigenvalue weighted by atomic mass is 35.5. The Bertz CT molecular complexity index is 510. The largest absolute Gasteiger partial charge is 0.504 e. The van der Waals surface area contributed by atoms with Crippen molar-refractivity contribution in [3.05, 3.63) is 23.2 Å². The van der Waals surface area contributed by atoms with Gasteiger partial charge in [0.2, 0.25) is 5.88 Å². The first-order valence-electron chi connectivity index (χ1n) is 4.02. The van der Waals surface area contributed by atoms with Gasteiger partial charge in [-0.05, 0) is 12.1 Å². The summed E-state index contributed by atoms with van der Waals surface area (Å²) in [7, 11) is 0. The van der Waals surface area contributed by atoms with E-state index in [9.17, 15) is 10.2 Å². The van der Waals surface area contributed by atoms with Crippen molar-refractivity contribution < 1.29 is 14.7 Å². The van der Waals surface area contributed by atoms with Gasteiger partial charge >= 0.3 is 0 Å². The highest BCUT2D eigenvalue weighted by Gasteiger charge is 2.14. The third-order valence-corrected chi connectivity index (χ3v) is 2.21. The number of hydrogen-bond donors (Lipinski definition) is 3. The predicted molar refractivity (Wildman–Crippen MR) is 54.7 cm³/mol. The second kappa shape index (κ2) is 3.36. The molecule has 0 fully saturated rings. The number of anilines is 1. The molecule has 0 spiro atoms. The van der Waals surface area contributed by atoms with Crippen molar-refractivity contribution in [3.63, 3.8) is 0 Å². The first-order chi connectivity index (χ1) is 7.09. The van der Waals surface area contributed by atoms with Crippen LogP contribution in [0.5, 0.6) is 11.5 Å². The first kappa shape index (κ1) is 9.67. The van der Waals surface area contributed by atoms with Gasteiger partial charge in [-0.3, -0.25) is 0 Å². The highest BCUT2D eigenvalue weighted by molar-refractivity contribution is 6.32. The van der Waals surface area contributed by atoms with Gasteiger partial charge in [0.15, 0.2) is 11.5 Å². The average molecular weight is 227 g/mol. The monoisotopic (exact) mass is 226 g/mol. The van der Waals surface area contributed by atoms with Crippen molar-refractivity contribution in [2.45, 2.75) is 0 Å². The maximum Gasteiger partial charge on any atom is 0.222 e. The molecular formula is C9H7ClN2O3. The van der Waals surface area contributed by atoms with Crippen LogP contribution in [0.25, 0.3) is 11.3 Å². The standard InChI is InChI=1S/C9H7ClN2O3/c10-5-2-1-4(8(13)9(5)14)6-3-7(11)15-12-6/h1-3,13-14H,11H2. The zero-order valence-electron chi connectivity index (χ0n) is 7.44. The second-order valence-electron chi connectivity index (χ2n) is 2.91. The Morgan fingerprint density at radius 1 is 1.27 bits per heavy atom. The van der Waals surface area contributed by atoms with E-state index >= 15 is 0 Å². The van der Waals surface area contributed by atoms with Crippen LogP contribution in [0.4, 0.5) is 5.88 Å². The lowest BCUT2D eigenvalue weighted by Crippen LogP contribution is -1.80. The Morgan fingerprint density at radius 2 is 2.00 bits per heavy atom. The molecule has 0 saturated carbocycles. The molecule has 0 radical (unpaired) electrons. The summed E-state index contributed by atoms with van der Waals surface area (Å²) in [4.78, 5) is 0. The van der Waals surface area contributed by atoms with Gasteiger partial charge < -0.3 is 20.5 Å². The van der Waals surface area contributed by atoms with Crippen LogP contribution in [0.3, 0.4) is 0 Å². The van der Waals surface area contributed by atoms with Crippen LogP contribution in [0.1, 0.15) is 0 Å². The number of nitrogen functional groups attached to an aromatic ring is 1. The van der Waals surface area contributed by atoms with Gasteiger partial charge in [0.05, 0.1) is 5.02 Å². The van der Waals surface area contributed by atoms with Crippen molar-refractivity contribution in [2.75, 3.05) is 5.73 Å². The van der Waals surface area contributed by atoms with Gasteiger partial charge in [-0.25, -0.2) is 0 Å². The molecule has 0 unspecified atom stereocenters. The van der Waals surface area contributed by atoms with Crippen LogP contribution in [-0.4, -0.2) is 15.4 Å². The number of halogens is 1. The van der Waals surface area contributed by atoms with Gasteiger partial charge in [0.1, 0.15) is 5.69 Å². The Labute approximate surface area is 89.7 Å². The third-order valence-electron chi connectivity index (χ3n) is 1.91. The molecule has 0 aliphatic rings. The normalized spacial score (nSPS) is 10.5. The fourth-order valence-corrected chi connectivity index (χ4v) is 1.33. The highest BCUT2D eigenvalue weighted by Crippen LogP contribution is 2.40. The molecule has 0 atom stereocenters. The van der Waals surface area contributed by atoms with Crippen LogP contribution in [0, 0.1) is 0 Å². The van der Waals surface area contributed by atoms with Crippen LogP contribution in [-0.2, 0) is 0 Å². The van der Waals surface area contributed by atoms with Crippen molar-refractivity contribution in [3.8, 4) is 22.8 Å². The lowest BCUT2D eigenvalue weighted by molar-refractivity contribution is 0.404. The lowest BCUT2D eigenvalue weighted by Gasteiger charge is -2.03. The Hall–Kier alpha value is -1.88. The van der Waals surface area contributed by atoms with Crippen molar-refractivity contribution >= 4 is 17.5 Å². The summed E-state index contributed by atoms with van der Waals surface area (Å²) in [6.45, 7) is 0.